The Kier molecular flexibility index (Phi) is 51.2. The van der Waals surface area contributed by atoms with Gasteiger partial charge in [-0.15, -0.1) is 0 Å². The molecule has 0 saturated carbocycles. The number of carbonyl (C=O) groups excluding carboxylic acids is 1. The van der Waals surface area contributed by atoms with E-state index in [0.29, 0.717) is 17.4 Å². The van der Waals surface area contributed by atoms with Crippen LogP contribution in [0.3, 0.4) is 0 Å². The van der Waals surface area contributed by atoms with Crippen molar-refractivity contribution in [2.45, 2.75) is 296 Å². The minimum absolute atomic E-state index is 0.00890. The molecule has 0 aliphatic rings. The van der Waals surface area contributed by atoms with Crippen LogP contribution in [0.25, 0.3) is 0 Å². The molecule has 0 spiro atoms. The number of aliphatic hydroxyl groups is 1. The first-order valence-electron chi connectivity index (χ1n) is 30.0. The van der Waals surface area contributed by atoms with Gasteiger partial charge in [0.2, 0.25) is 5.91 Å². The van der Waals surface area contributed by atoms with Gasteiger partial charge in [-0.05, 0) is 70.6 Å². The average Bonchev–Trinajstić information content (AvgIpc) is 3.32. The summed E-state index contributed by atoms with van der Waals surface area (Å²) >= 11 is 0. The largest absolute Gasteiger partial charge is 0.756 e. The van der Waals surface area contributed by atoms with Crippen molar-refractivity contribution in [1.82, 2.24) is 5.32 Å². The third kappa shape index (κ3) is 54.2. The van der Waals surface area contributed by atoms with Crippen LogP contribution in [0.5, 0.6) is 0 Å². The maximum Gasteiger partial charge on any atom is 0.268 e. The van der Waals surface area contributed by atoms with Crippen molar-refractivity contribution in [3.8, 4) is 0 Å². The van der Waals surface area contributed by atoms with Crippen LogP contribution in [-0.2, 0) is 18.4 Å². The van der Waals surface area contributed by atoms with Gasteiger partial charge in [-0.1, -0.05) is 255 Å². The van der Waals surface area contributed by atoms with Crippen LogP contribution < -0.4 is 10.2 Å². The first-order chi connectivity index (χ1) is 34.0. The lowest BCUT2D eigenvalue weighted by Gasteiger charge is -2.29. The number of unbranched alkanes of at least 4 members (excludes halogenated alkanes) is 36. The zero-order valence-electron chi connectivity index (χ0n) is 47.0. The number of likely N-dealkylation sites (N-methyl/N-ethyl adjacent to an activating group) is 1. The van der Waals surface area contributed by atoms with E-state index in [4.69, 9.17) is 9.05 Å². The topological polar surface area (TPSA) is 108 Å². The zero-order chi connectivity index (χ0) is 51.3. The first kappa shape index (κ1) is 68.5. The second-order valence-corrected chi connectivity index (χ2v) is 23.1. The van der Waals surface area contributed by atoms with Crippen molar-refractivity contribution >= 4 is 13.7 Å². The molecule has 0 rings (SSSR count). The number of amides is 1. The van der Waals surface area contributed by atoms with Crippen LogP contribution >= 0.6 is 7.82 Å². The van der Waals surface area contributed by atoms with E-state index >= 15 is 0 Å². The van der Waals surface area contributed by atoms with Crippen molar-refractivity contribution in [2.75, 3.05) is 40.9 Å². The van der Waals surface area contributed by atoms with Crippen molar-refractivity contribution in [3.05, 3.63) is 48.6 Å². The van der Waals surface area contributed by atoms with E-state index in [1.807, 2.05) is 27.2 Å². The molecule has 0 aliphatic carbocycles. The van der Waals surface area contributed by atoms with Crippen LogP contribution in [-0.4, -0.2) is 68.5 Å². The number of hydrogen-bond acceptors (Lipinski definition) is 6. The summed E-state index contributed by atoms with van der Waals surface area (Å²) in [5.74, 6) is -0.209. The molecule has 1 amide bonds. The van der Waals surface area contributed by atoms with Gasteiger partial charge in [0, 0.05) is 6.42 Å². The molecular formula is C61H117N2O6P. The van der Waals surface area contributed by atoms with Gasteiger partial charge in [0.05, 0.1) is 39.9 Å². The second-order valence-electron chi connectivity index (χ2n) is 21.7. The van der Waals surface area contributed by atoms with Gasteiger partial charge in [-0.3, -0.25) is 9.36 Å². The molecule has 3 unspecified atom stereocenters. The Morgan fingerprint density at radius 3 is 1.19 bits per heavy atom. The molecular weight excluding hydrogens is 888 g/mol. The van der Waals surface area contributed by atoms with Gasteiger partial charge >= 0.3 is 0 Å². The molecule has 0 aromatic rings. The molecule has 0 aromatic carbocycles. The number of phosphoric ester groups is 1. The van der Waals surface area contributed by atoms with E-state index in [9.17, 15) is 19.4 Å². The fourth-order valence-corrected chi connectivity index (χ4v) is 9.49. The smallest absolute Gasteiger partial charge is 0.268 e. The van der Waals surface area contributed by atoms with Crippen molar-refractivity contribution in [3.63, 3.8) is 0 Å². The lowest BCUT2D eigenvalue weighted by Crippen LogP contribution is -2.45. The van der Waals surface area contributed by atoms with E-state index in [0.717, 1.165) is 51.4 Å². The molecule has 70 heavy (non-hydrogen) atoms. The molecule has 412 valence electrons. The number of phosphoric acid groups is 1. The number of hydrogen-bond donors (Lipinski definition) is 2. The highest BCUT2D eigenvalue weighted by molar-refractivity contribution is 7.45. The summed E-state index contributed by atoms with van der Waals surface area (Å²) in [4.78, 5) is 25.4. The molecule has 3 atom stereocenters. The molecule has 0 heterocycles. The number of allylic oxidation sites excluding steroid dienone is 7. The van der Waals surface area contributed by atoms with Gasteiger partial charge in [0.15, 0.2) is 0 Å². The second kappa shape index (κ2) is 52.3. The van der Waals surface area contributed by atoms with Crippen LogP contribution in [0.1, 0.15) is 284 Å². The Labute approximate surface area is 435 Å². The third-order valence-electron chi connectivity index (χ3n) is 13.5. The maximum absolute atomic E-state index is 12.9. The molecule has 0 aromatic heterocycles. The summed E-state index contributed by atoms with van der Waals surface area (Å²) in [5, 5.41) is 13.8. The van der Waals surface area contributed by atoms with Crippen molar-refractivity contribution in [1.29, 1.82) is 0 Å². The fourth-order valence-electron chi connectivity index (χ4n) is 8.77. The van der Waals surface area contributed by atoms with E-state index in [1.165, 1.54) is 212 Å². The van der Waals surface area contributed by atoms with Crippen LogP contribution in [0.15, 0.2) is 48.6 Å². The molecule has 0 saturated heterocycles. The van der Waals surface area contributed by atoms with Gasteiger partial charge in [0.25, 0.3) is 7.82 Å². The van der Waals surface area contributed by atoms with Crippen LogP contribution in [0, 0.1) is 0 Å². The fraction of sp³-hybridized carbons (Fsp3) is 0.852. The Bertz CT molecular complexity index is 1280. The summed E-state index contributed by atoms with van der Waals surface area (Å²) in [6, 6.07) is -0.909. The Balaban J connectivity index is 3.97. The van der Waals surface area contributed by atoms with Gasteiger partial charge in [0.1, 0.15) is 13.2 Å². The Morgan fingerprint density at radius 2 is 0.800 bits per heavy atom. The molecule has 8 nitrogen and oxygen atoms in total. The lowest BCUT2D eigenvalue weighted by molar-refractivity contribution is -0.870. The average molecular weight is 1010 g/mol. The monoisotopic (exact) mass is 1000 g/mol. The highest BCUT2D eigenvalue weighted by atomic mass is 31.2. The predicted molar refractivity (Wildman–Crippen MR) is 302 cm³/mol. The van der Waals surface area contributed by atoms with Gasteiger partial charge < -0.3 is 28.8 Å². The highest BCUT2D eigenvalue weighted by Gasteiger charge is 2.23. The summed E-state index contributed by atoms with van der Waals surface area (Å²) in [7, 11) is 1.24. The summed E-state index contributed by atoms with van der Waals surface area (Å²) < 4.78 is 23.3. The number of nitrogens with one attached hydrogen (secondary N) is 1. The van der Waals surface area contributed by atoms with E-state index < -0.39 is 26.6 Å². The zero-order valence-corrected chi connectivity index (χ0v) is 47.9. The Morgan fingerprint density at radius 1 is 0.486 bits per heavy atom. The Hall–Kier alpha value is -1.54. The summed E-state index contributed by atoms with van der Waals surface area (Å²) in [6.45, 7) is 4.61. The minimum atomic E-state index is -4.60. The number of nitrogens with zero attached hydrogens (tertiary/aromatic N) is 1. The standard InChI is InChI=1S/C61H117N2O6P/c1-6-8-10-12-14-16-18-20-21-22-23-24-25-26-27-28-29-30-31-32-33-34-35-36-37-38-39-40-41-43-45-47-49-51-53-55-61(65)62-59(58-69-70(66,67)68-57-56-63(3,4)5)60(64)54-52-50-48-46-44-42-19-17-15-13-11-9-7-2/h15,17,28-29,44,46,52,54,59-60,64H,6-14,16,18-27,30-43,45,47-51,53,55-58H2,1-5H3,(H-,62,65,66,67)/b17-15+,29-28-,46-44+,54-52+. The summed E-state index contributed by atoms with van der Waals surface area (Å²) in [6.07, 6.45) is 69.4. The lowest BCUT2D eigenvalue weighted by atomic mass is 10.0. The maximum atomic E-state index is 12.9. The van der Waals surface area contributed by atoms with Crippen LogP contribution in [0.2, 0.25) is 0 Å². The molecule has 0 aliphatic heterocycles. The van der Waals surface area contributed by atoms with Crippen LogP contribution in [0.4, 0.5) is 0 Å². The molecule has 9 heteroatoms. The normalized spacial score (nSPS) is 14.2. The van der Waals surface area contributed by atoms with E-state index in [2.05, 4.69) is 55.6 Å². The number of carbonyl (C=O) groups is 1. The summed E-state index contributed by atoms with van der Waals surface area (Å²) in [5.41, 5.74) is 0. The van der Waals surface area contributed by atoms with Gasteiger partial charge in [-0.25, -0.2) is 0 Å². The van der Waals surface area contributed by atoms with E-state index in [1.54, 1.807) is 6.08 Å². The number of quaternary nitrogens is 1. The van der Waals surface area contributed by atoms with Crippen molar-refractivity contribution < 1.29 is 32.9 Å². The SMILES string of the molecule is CCCCC/C=C/CC/C=C/CC/C=C/C(O)C(COP(=O)([O-])OCC[N+](C)(C)C)NC(=O)CCCCCCCCCCCCCCCCCCC/C=C\CCCCCCCCCCCCCCCC. The van der Waals surface area contributed by atoms with E-state index in [-0.39, 0.29) is 12.5 Å². The minimum Gasteiger partial charge on any atom is -0.756 e. The third-order valence-corrected chi connectivity index (χ3v) is 14.5. The number of rotatable bonds is 55. The number of aliphatic hydroxyl groups excluding tert-OH is 1. The molecule has 0 fully saturated rings. The van der Waals surface area contributed by atoms with Gasteiger partial charge in [-0.2, -0.15) is 0 Å². The molecule has 0 radical (unpaired) electrons. The first-order valence-corrected chi connectivity index (χ1v) is 31.5. The van der Waals surface area contributed by atoms with Crippen molar-refractivity contribution in [2.24, 2.45) is 0 Å². The highest BCUT2D eigenvalue weighted by Crippen LogP contribution is 2.38. The molecule has 0 bridgehead atoms. The molecule has 2 N–H and O–H groups in total. The predicted octanol–water partition coefficient (Wildman–Crippen LogP) is 17.7. The quantitative estimate of drug-likeness (QED) is 0.0272.